The molecule has 21 heavy (non-hydrogen) atoms. The van der Waals surface area contributed by atoms with Crippen LogP contribution in [0.5, 0.6) is 0 Å². The minimum Gasteiger partial charge on any atom is -0.358 e. The molecule has 1 amide bonds. The van der Waals surface area contributed by atoms with E-state index in [0.717, 1.165) is 16.6 Å². The topological polar surface area (TPSA) is 44.9 Å². The van der Waals surface area contributed by atoms with Crippen LogP contribution in [0.15, 0.2) is 46.9 Å². The van der Waals surface area contributed by atoms with Crippen LogP contribution in [0.25, 0.3) is 10.9 Å². The Hall–Kier alpha value is -2.14. The number of anilines is 1. The molecule has 2 aromatic carbocycles. The van der Waals surface area contributed by atoms with E-state index in [1.165, 1.54) is 12.1 Å². The molecule has 2 N–H and O–H groups in total. The van der Waals surface area contributed by atoms with Gasteiger partial charge in [0.25, 0.3) is 5.91 Å². The maximum Gasteiger partial charge on any atom is 0.258 e. The zero-order valence-corrected chi connectivity index (χ0v) is 12.8. The molecule has 3 rings (SSSR count). The summed E-state index contributed by atoms with van der Waals surface area (Å²) < 4.78 is 14.4. The molecule has 0 spiro atoms. The van der Waals surface area contributed by atoms with Crippen LogP contribution in [0, 0.1) is 12.7 Å². The number of rotatable bonds is 2. The first-order valence-electron chi connectivity index (χ1n) is 6.40. The van der Waals surface area contributed by atoms with Crippen LogP contribution in [0.4, 0.5) is 10.1 Å². The van der Waals surface area contributed by atoms with Crippen LogP contribution < -0.4 is 5.32 Å². The molecule has 0 aliphatic heterocycles. The molecule has 0 radical (unpaired) electrons. The number of carbonyl (C=O) groups excluding carboxylic acids is 1. The Labute approximate surface area is 129 Å². The Kier molecular flexibility index (Phi) is 3.51. The quantitative estimate of drug-likeness (QED) is 0.698. The SMILES string of the molecule is Cc1[nH]c2ccccc2c1C(=O)Nc1ccc(Br)cc1F. The number of carbonyl (C=O) groups is 1. The lowest BCUT2D eigenvalue weighted by Gasteiger charge is -2.07. The van der Waals surface area contributed by atoms with E-state index in [2.05, 4.69) is 26.2 Å². The molecule has 0 bridgehead atoms. The molecule has 5 heteroatoms. The summed E-state index contributed by atoms with van der Waals surface area (Å²) in [5, 5.41) is 3.44. The van der Waals surface area contributed by atoms with Gasteiger partial charge in [-0.25, -0.2) is 4.39 Å². The number of aryl methyl sites for hydroxylation is 1. The van der Waals surface area contributed by atoms with Crippen molar-refractivity contribution in [2.24, 2.45) is 0 Å². The summed E-state index contributed by atoms with van der Waals surface area (Å²) in [6.07, 6.45) is 0. The van der Waals surface area contributed by atoms with Gasteiger partial charge in [-0.3, -0.25) is 4.79 Å². The molecule has 106 valence electrons. The second-order valence-electron chi connectivity index (χ2n) is 4.75. The molecule has 0 aliphatic carbocycles. The fourth-order valence-corrected chi connectivity index (χ4v) is 2.68. The number of nitrogens with one attached hydrogen (secondary N) is 2. The summed E-state index contributed by atoms with van der Waals surface area (Å²) in [5.74, 6) is -0.804. The van der Waals surface area contributed by atoms with Gasteiger partial charge >= 0.3 is 0 Å². The standard InChI is InChI=1S/C16H12BrFN2O/c1-9-15(11-4-2-3-5-13(11)19-9)16(21)20-14-7-6-10(17)8-12(14)18/h2-8,19H,1H3,(H,20,21). The average molecular weight is 347 g/mol. The molecular weight excluding hydrogens is 335 g/mol. The summed E-state index contributed by atoms with van der Waals surface area (Å²) in [6, 6.07) is 12.1. The van der Waals surface area contributed by atoms with Crippen LogP contribution in [-0.2, 0) is 0 Å². The molecule has 0 aliphatic rings. The van der Waals surface area contributed by atoms with Gasteiger partial charge < -0.3 is 10.3 Å². The Balaban J connectivity index is 1.99. The van der Waals surface area contributed by atoms with Crippen LogP contribution >= 0.6 is 15.9 Å². The zero-order valence-electron chi connectivity index (χ0n) is 11.2. The van der Waals surface area contributed by atoms with Gasteiger partial charge in [-0.2, -0.15) is 0 Å². The summed E-state index contributed by atoms with van der Waals surface area (Å²) in [4.78, 5) is 15.6. The number of H-pyrrole nitrogens is 1. The first kappa shape index (κ1) is 13.8. The van der Waals surface area contributed by atoms with Crippen LogP contribution in [-0.4, -0.2) is 10.9 Å². The highest BCUT2D eigenvalue weighted by Crippen LogP contribution is 2.24. The Morgan fingerprint density at radius 1 is 1.24 bits per heavy atom. The molecule has 0 unspecified atom stereocenters. The van der Waals surface area contributed by atoms with Gasteiger partial charge in [-0.05, 0) is 31.2 Å². The van der Waals surface area contributed by atoms with E-state index in [1.54, 1.807) is 6.07 Å². The number of para-hydroxylation sites is 1. The number of benzene rings is 2. The van der Waals surface area contributed by atoms with Crippen molar-refractivity contribution in [3.8, 4) is 0 Å². The number of halogens is 2. The predicted octanol–water partition coefficient (Wildman–Crippen LogP) is 4.63. The van der Waals surface area contributed by atoms with E-state index >= 15 is 0 Å². The maximum absolute atomic E-state index is 13.8. The second-order valence-corrected chi connectivity index (χ2v) is 5.66. The first-order valence-corrected chi connectivity index (χ1v) is 7.19. The van der Waals surface area contributed by atoms with Crippen molar-refractivity contribution in [3.63, 3.8) is 0 Å². The summed E-state index contributed by atoms with van der Waals surface area (Å²) in [7, 11) is 0. The third-order valence-electron chi connectivity index (χ3n) is 3.30. The second kappa shape index (κ2) is 5.33. The number of hydrogen-bond acceptors (Lipinski definition) is 1. The predicted molar refractivity (Wildman–Crippen MR) is 85.1 cm³/mol. The van der Waals surface area contributed by atoms with Crippen LogP contribution in [0.2, 0.25) is 0 Å². The van der Waals surface area contributed by atoms with Gasteiger partial charge in [0.2, 0.25) is 0 Å². The minimum atomic E-state index is -0.477. The van der Waals surface area contributed by atoms with Crippen molar-refractivity contribution in [3.05, 3.63) is 64.0 Å². The van der Waals surface area contributed by atoms with Crippen molar-refractivity contribution in [1.29, 1.82) is 0 Å². The lowest BCUT2D eigenvalue weighted by molar-refractivity contribution is 0.102. The molecular formula is C16H12BrFN2O. The van der Waals surface area contributed by atoms with Crippen molar-refractivity contribution in [2.75, 3.05) is 5.32 Å². The minimum absolute atomic E-state index is 0.160. The van der Waals surface area contributed by atoms with E-state index < -0.39 is 5.82 Å². The fraction of sp³-hybridized carbons (Fsp3) is 0.0625. The third kappa shape index (κ3) is 2.56. The number of aromatic nitrogens is 1. The van der Waals surface area contributed by atoms with Gasteiger partial charge in [-0.1, -0.05) is 34.1 Å². The van der Waals surface area contributed by atoms with Gasteiger partial charge in [0.1, 0.15) is 5.82 Å². The van der Waals surface area contributed by atoms with Crippen molar-refractivity contribution in [1.82, 2.24) is 4.98 Å². The first-order chi connectivity index (χ1) is 10.1. The lowest BCUT2D eigenvalue weighted by Crippen LogP contribution is -2.13. The van der Waals surface area contributed by atoms with Gasteiger partial charge in [0, 0.05) is 21.1 Å². The van der Waals surface area contributed by atoms with Crippen molar-refractivity contribution < 1.29 is 9.18 Å². The molecule has 0 fully saturated rings. The number of aromatic amines is 1. The highest BCUT2D eigenvalue weighted by Gasteiger charge is 2.17. The largest absolute Gasteiger partial charge is 0.358 e. The fourth-order valence-electron chi connectivity index (χ4n) is 2.34. The van der Waals surface area contributed by atoms with E-state index in [1.807, 2.05) is 31.2 Å². The van der Waals surface area contributed by atoms with Gasteiger partial charge in [0.05, 0.1) is 11.3 Å². The molecule has 0 saturated heterocycles. The smallest absolute Gasteiger partial charge is 0.258 e. The normalized spacial score (nSPS) is 10.8. The van der Waals surface area contributed by atoms with Crippen molar-refractivity contribution in [2.45, 2.75) is 6.92 Å². The third-order valence-corrected chi connectivity index (χ3v) is 3.79. The Morgan fingerprint density at radius 3 is 2.76 bits per heavy atom. The number of amides is 1. The highest BCUT2D eigenvalue weighted by atomic mass is 79.9. The molecule has 0 saturated carbocycles. The summed E-state index contributed by atoms with van der Waals surface area (Å²) >= 11 is 3.19. The Bertz CT molecular complexity index is 841. The van der Waals surface area contributed by atoms with Crippen LogP contribution in [0.1, 0.15) is 16.1 Å². The van der Waals surface area contributed by atoms with E-state index in [4.69, 9.17) is 0 Å². The number of fused-ring (bicyclic) bond motifs is 1. The molecule has 3 aromatic rings. The summed E-state index contributed by atoms with van der Waals surface area (Å²) in [5.41, 5.74) is 2.34. The van der Waals surface area contributed by atoms with Gasteiger partial charge in [0.15, 0.2) is 0 Å². The monoisotopic (exact) mass is 346 g/mol. The van der Waals surface area contributed by atoms with E-state index in [-0.39, 0.29) is 11.6 Å². The number of hydrogen-bond donors (Lipinski definition) is 2. The van der Waals surface area contributed by atoms with Gasteiger partial charge in [-0.15, -0.1) is 0 Å². The molecule has 0 atom stereocenters. The average Bonchev–Trinajstić information content (AvgIpc) is 2.77. The van der Waals surface area contributed by atoms with E-state index in [0.29, 0.717) is 10.0 Å². The highest BCUT2D eigenvalue weighted by molar-refractivity contribution is 9.10. The summed E-state index contributed by atoms with van der Waals surface area (Å²) in [6.45, 7) is 1.83. The Morgan fingerprint density at radius 2 is 2.00 bits per heavy atom. The molecule has 1 heterocycles. The van der Waals surface area contributed by atoms with E-state index in [9.17, 15) is 9.18 Å². The maximum atomic E-state index is 13.8. The molecule has 1 aromatic heterocycles. The van der Waals surface area contributed by atoms with Crippen molar-refractivity contribution >= 4 is 38.4 Å². The molecule has 3 nitrogen and oxygen atoms in total. The lowest BCUT2D eigenvalue weighted by atomic mass is 10.1. The van der Waals surface area contributed by atoms with Crippen LogP contribution in [0.3, 0.4) is 0 Å². The zero-order chi connectivity index (χ0) is 15.0.